The van der Waals surface area contributed by atoms with E-state index in [1.807, 2.05) is 0 Å². The van der Waals surface area contributed by atoms with Crippen molar-refractivity contribution in [1.82, 2.24) is 0 Å². The van der Waals surface area contributed by atoms with Crippen LogP contribution in [0.2, 0.25) is 0 Å². The van der Waals surface area contributed by atoms with Crippen LogP contribution in [0, 0.1) is 0 Å². The highest BCUT2D eigenvalue weighted by Crippen LogP contribution is 2.15. The van der Waals surface area contributed by atoms with Crippen molar-refractivity contribution in [3.63, 3.8) is 0 Å². The Hall–Kier alpha value is -1.35. The van der Waals surface area contributed by atoms with E-state index in [0.29, 0.717) is 0 Å². The van der Waals surface area contributed by atoms with E-state index in [1.165, 1.54) is 36.8 Å². The van der Waals surface area contributed by atoms with E-state index in [0.717, 1.165) is 52.0 Å². The third kappa shape index (κ3) is 10.8. The minimum Gasteiger partial charge on any atom is -0.336 e. The molecule has 0 unspecified atom stereocenters. The quantitative estimate of drug-likeness (QED) is 0.219. The molecule has 0 aromatic carbocycles. The first kappa shape index (κ1) is 23.9. The largest absolute Gasteiger partial charge is 0.336 e. The highest BCUT2D eigenvalue weighted by molar-refractivity contribution is 7.26. The van der Waals surface area contributed by atoms with Crippen LogP contribution in [0.3, 0.4) is 0 Å². The fourth-order valence-corrected chi connectivity index (χ4v) is 3.65. The molecule has 0 radical (unpaired) electrons. The zero-order chi connectivity index (χ0) is 20.6. The summed E-state index contributed by atoms with van der Waals surface area (Å²) in [4.78, 5) is 0. The second-order valence-corrected chi connectivity index (χ2v) is 8.33. The van der Waals surface area contributed by atoms with Crippen LogP contribution in [0.25, 0.3) is 0 Å². The Balaban J connectivity index is 1.45. The maximum Gasteiger partial charge on any atom is 0.169 e. The molecule has 0 N–H and O–H groups in total. The molecule has 0 bridgehead atoms. The zero-order valence-electron chi connectivity index (χ0n) is 18.3. The summed E-state index contributed by atoms with van der Waals surface area (Å²) in [5.41, 5.74) is 2.76. The molecule has 160 valence electrons. The number of aryl methyl sites for hydroxylation is 4. The molecule has 4 nitrogen and oxygen atoms in total. The van der Waals surface area contributed by atoms with E-state index in [2.05, 4.69) is 72.0 Å². The van der Waals surface area contributed by atoms with Gasteiger partial charge in [0.2, 0.25) is 0 Å². The van der Waals surface area contributed by atoms with Crippen molar-refractivity contribution in [3.8, 4) is 0 Å². The van der Waals surface area contributed by atoms with E-state index in [-0.39, 0.29) is 9.03 Å². The van der Waals surface area contributed by atoms with Gasteiger partial charge >= 0.3 is 0 Å². The second kappa shape index (κ2) is 15.5. The van der Waals surface area contributed by atoms with Crippen molar-refractivity contribution in [3.05, 3.63) is 60.2 Å². The molecule has 0 spiro atoms. The molecule has 0 aliphatic heterocycles. The average Bonchev–Trinajstić information content (AvgIpc) is 2.76. The van der Waals surface area contributed by atoms with Gasteiger partial charge in [0.05, 0.1) is 13.2 Å². The molecule has 0 saturated heterocycles. The van der Waals surface area contributed by atoms with Gasteiger partial charge in [0.15, 0.2) is 33.8 Å². The average molecular weight is 419 g/mol. The third-order valence-corrected chi connectivity index (χ3v) is 5.65. The molecule has 2 rings (SSSR count). The van der Waals surface area contributed by atoms with Gasteiger partial charge in [0.25, 0.3) is 0 Å². The van der Waals surface area contributed by atoms with Crippen molar-refractivity contribution in [2.45, 2.75) is 78.3 Å². The van der Waals surface area contributed by atoms with E-state index in [9.17, 15) is 0 Å². The molecule has 2 heterocycles. The number of hydrogen-bond acceptors (Lipinski definition) is 2. The van der Waals surface area contributed by atoms with Crippen LogP contribution in [0.15, 0.2) is 49.1 Å². The Morgan fingerprint density at radius 1 is 0.655 bits per heavy atom. The molecule has 0 fully saturated rings. The first-order valence-electron chi connectivity index (χ1n) is 11.3. The molecule has 2 aromatic rings. The van der Waals surface area contributed by atoms with Crippen molar-refractivity contribution < 1.29 is 18.2 Å². The van der Waals surface area contributed by atoms with Gasteiger partial charge in [-0.05, 0) is 36.8 Å². The molecule has 0 amide bonds. The van der Waals surface area contributed by atoms with E-state index in [1.54, 1.807) is 0 Å². The van der Waals surface area contributed by atoms with Crippen molar-refractivity contribution >= 4 is 9.03 Å². The van der Waals surface area contributed by atoms with Crippen LogP contribution >= 0.6 is 9.03 Å². The fourth-order valence-electron chi connectivity index (χ4n) is 3.11. The minimum atomic E-state index is 0.154. The Bertz CT molecular complexity index is 589. The lowest BCUT2D eigenvalue weighted by molar-refractivity contribution is -0.697. The summed E-state index contributed by atoms with van der Waals surface area (Å²) in [5.74, 6) is 0. The minimum absolute atomic E-state index is 0.154. The third-order valence-electron chi connectivity index (χ3n) is 5.00. The fraction of sp³-hybridized carbons (Fsp3) is 0.583. The molecule has 5 heteroatoms. The summed E-state index contributed by atoms with van der Waals surface area (Å²) in [7, 11) is 0.154. The summed E-state index contributed by atoms with van der Waals surface area (Å²) < 4.78 is 15.8. The van der Waals surface area contributed by atoms with Gasteiger partial charge in [-0.1, -0.05) is 26.7 Å². The predicted octanol–water partition coefficient (Wildman–Crippen LogP) is 4.97. The normalized spacial score (nSPS) is 11.1. The van der Waals surface area contributed by atoms with Gasteiger partial charge < -0.3 is 9.05 Å². The Kier molecular flexibility index (Phi) is 12.8. The predicted molar refractivity (Wildman–Crippen MR) is 120 cm³/mol. The van der Waals surface area contributed by atoms with Gasteiger partial charge in [-0.25, -0.2) is 9.13 Å². The van der Waals surface area contributed by atoms with E-state index < -0.39 is 0 Å². The smallest absolute Gasteiger partial charge is 0.169 e. The van der Waals surface area contributed by atoms with Crippen LogP contribution in [-0.2, 0) is 35.0 Å². The highest BCUT2D eigenvalue weighted by atomic mass is 31.1. The summed E-state index contributed by atoms with van der Waals surface area (Å²) in [5, 5.41) is 0. The maximum atomic E-state index is 5.63. The van der Waals surface area contributed by atoms with Crippen molar-refractivity contribution in [2.24, 2.45) is 0 Å². The molecular formula is C24H39N2O2P+2. The number of unbranched alkanes of at least 4 members (excludes halogenated alkanes) is 2. The van der Waals surface area contributed by atoms with Gasteiger partial charge in [-0.2, -0.15) is 0 Å². The standard InChI is InChI=1S/C24H39N2O2P/c1-3-5-15-25-17-11-23(12-18-25)9-7-21-27-29-28-22-8-10-24-13-19-26(20-14-24)16-6-4-2/h11-14,17-20,29H,3-10,15-16,21-22H2,1-2H3/q+2. The number of aromatic nitrogens is 2. The zero-order valence-corrected chi connectivity index (χ0v) is 19.3. The Morgan fingerprint density at radius 2 is 1.07 bits per heavy atom. The van der Waals surface area contributed by atoms with Gasteiger partial charge in [-0.3, -0.25) is 0 Å². The van der Waals surface area contributed by atoms with Gasteiger partial charge in [0, 0.05) is 37.1 Å². The maximum absolute atomic E-state index is 5.63. The number of pyridine rings is 2. The lowest BCUT2D eigenvalue weighted by atomic mass is 10.1. The van der Waals surface area contributed by atoms with Crippen LogP contribution in [0.4, 0.5) is 0 Å². The Labute approximate surface area is 179 Å². The van der Waals surface area contributed by atoms with Gasteiger partial charge in [0.1, 0.15) is 13.1 Å². The summed E-state index contributed by atoms with van der Waals surface area (Å²) in [6, 6.07) is 8.90. The van der Waals surface area contributed by atoms with Crippen molar-refractivity contribution in [1.29, 1.82) is 0 Å². The first-order valence-corrected chi connectivity index (χ1v) is 12.1. The summed E-state index contributed by atoms with van der Waals surface area (Å²) >= 11 is 0. The van der Waals surface area contributed by atoms with Crippen molar-refractivity contribution in [2.75, 3.05) is 13.2 Å². The molecule has 0 saturated carbocycles. The summed E-state index contributed by atoms with van der Waals surface area (Å²) in [6.07, 6.45) is 17.9. The van der Waals surface area contributed by atoms with Crippen LogP contribution < -0.4 is 9.13 Å². The molecule has 0 aliphatic carbocycles. The Morgan fingerprint density at radius 3 is 1.45 bits per heavy atom. The number of nitrogens with zero attached hydrogens (tertiary/aromatic N) is 2. The lowest BCUT2D eigenvalue weighted by Gasteiger charge is -2.05. The molecule has 0 aliphatic rings. The topological polar surface area (TPSA) is 26.2 Å². The van der Waals surface area contributed by atoms with E-state index >= 15 is 0 Å². The first-order chi connectivity index (χ1) is 14.3. The summed E-state index contributed by atoms with van der Waals surface area (Å²) in [6.45, 7) is 8.21. The lowest BCUT2D eigenvalue weighted by Crippen LogP contribution is -2.32. The number of rotatable bonds is 16. The van der Waals surface area contributed by atoms with Crippen LogP contribution in [0.5, 0.6) is 0 Å². The molecule has 29 heavy (non-hydrogen) atoms. The molecule has 2 aromatic heterocycles. The van der Waals surface area contributed by atoms with Gasteiger partial charge in [-0.15, -0.1) is 0 Å². The highest BCUT2D eigenvalue weighted by Gasteiger charge is 2.02. The molecular weight excluding hydrogens is 379 g/mol. The second-order valence-electron chi connectivity index (χ2n) is 7.58. The van der Waals surface area contributed by atoms with Crippen LogP contribution in [0.1, 0.15) is 63.5 Å². The van der Waals surface area contributed by atoms with Crippen LogP contribution in [-0.4, -0.2) is 13.2 Å². The number of hydrogen-bond donors (Lipinski definition) is 0. The SMILES string of the molecule is CCCC[n+]1ccc(CCCOPOCCCc2cc[n+](CCCC)cc2)cc1. The van der Waals surface area contributed by atoms with E-state index in [4.69, 9.17) is 9.05 Å². The molecule has 0 atom stereocenters. The monoisotopic (exact) mass is 418 g/mol.